The third-order valence-corrected chi connectivity index (χ3v) is 4.57. The molecule has 0 aromatic carbocycles. The molecule has 1 aliphatic heterocycles. The van der Waals surface area contributed by atoms with Crippen LogP contribution in [-0.4, -0.2) is 48.0 Å². The molecule has 1 aromatic heterocycles. The Morgan fingerprint density at radius 1 is 1.58 bits per heavy atom. The van der Waals surface area contributed by atoms with Gasteiger partial charge in [0.15, 0.2) is 10.4 Å². The molecule has 7 heteroatoms. The first kappa shape index (κ1) is 14.5. The highest BCUT2D eigenvalue weighted by atomic mass is 79.9. The smallest absolute Gasteiger partial charge is 0.315 e. The molecule has 0 unspecified atom stereocenters. The van der Waals surface area contributed by atoms with Crippen LogP contribution in [0.5, 0.6) is 0 Å². The van der Waals surface area contributed by atoms with E-state index in [9.17, 15) is 9.59 Å². The van der Waals surface area contributed by atoms with Crippen molar-refractivity contribution >= 4 is 39.6 Å². The van der Waals surface area contributed by atoms with Gasteiger partial charge in [-0.15, -0.1) is 11.8 Å². The molecule has 104 valence electrons. The number of hydrogen-bond donors (Lipinski definition) is 0. The molecule has 0 N–H and O–H groups in total. The summed E-state index contributed by atoms with van der Waals surface area (Å²) in [7, 11) is 1.38. The van der Waals surface area contributed by atoms with E-state index < -0.39 is 0 Å². The van der Waals surface area contributed by atoms with Crippen LogP contribution in [-0.2, 0) is 9.53 Å². The maximum Gasteiger partial charge on any atom is 0.315 e. The summed E-state index contributed by atoms with van der Waals surface area (Å²) in [5.74, 6) is 0.331. The van der Waals surface area contributed by atoms with E-state index in [2.05, 4.69) is 20.7 Å². The van der Waals surface area contributed by atoms with Crippen LogP contribution in [0.3, 0.4) is 0 Å². The van der Waals surface area contributed by atoms with E-state index >= 15 is 0 Å². The van der Waals surface area contributed by atoms with E-state index in [0.29, 0.717) is 29.3 Å². The topological polar surface area (TPSA) is 59.8 Å². The monoisotopic (exact) mass is 347 g/mol. The van der Waals surface area contributed by atoms with Crippen LogP contribution >= 0.6 is 27.7 Å². The van der Waals surface area contributed by atoms with Gasteiger partial charge in [0.2, 0.25) is 0 Å². The molecule has 5 nitrogen and oxygen atoms in total. The molecule has 0 spiro atoms. The van der Waals surface area contributed by atoms with Gasteiger partial charge in [-0.1, -0.05) is 0 Å². The Morgan fingerprint density at radius 3 is 3.00 bits per heavy atom. The summed E-state index contributed by atoms with van der Waals surface area (Å²) in [5.41, 5.74) is 0. The second-order valence-electron chi connectivity index (χ2n) is 4.15. The Labute approximate surface area is 123 Å². The Hall–Kier alpha value is -0.950. The van der Waals surface area contributed by atoms with Crippen LogP contribution in [0, 0.1) is 0 Å². The third kappa shape index (κ3) is 3.76. The number of ether oxygens (including phenoxy) is 1. The van der Waals surface area contributed by atoms with Crippen LogP contribution in [0.15, 0.2) is 21.2 Å². The van der Waals surface area contributed by atoms with E-state index in [-0.39, 0.29) is 17.1 Å². The van der Waals surface area contributed by atoms with Crippen molar-refractivity contribution in [3.8, 4) is 0 Å². The summed E-state index contributed by atoms with van der Waals surface area (Å²) in [6.45, 7) is 1.33. The zero-order valence-corrected chi connectivity index (χ0v) is 12.8. The fraction of sp³-hybridized carbons (Fsp3) is 0.500. The lowest BCUT2D eigenvalue weighted by Crippen LogP contribution is -2.28. The molecule has 1 aromatic rings. The molecule has 0 radical (unpaired) electrons. The summed E-state index contributed by atoms with van der Waals surface area (Å²) >= 11 is 4.71. The van der Waals surface area contributed by atoms with Crippen LogP contribution in [0.4, 0.5) is 0 Å². The van der Waals surface area contributed by atoms with Gasteiger partial charge in [0.1, 0.15) is 0 Å². The lowest BCUT2D eigenvalue weighted by Gasteiger charge is -2.14. The normalized spacial score (nSPS) is 18.6. The molecule has 2 heterocycles. The molecule has 0 aliphatic carbocycles. The average molecular weight is 348 g/mol. The lowest BCUT2D eigenvalue weighted by molar-refractivity contribution is -0.137. The number of carbonyl (C=O) groups is 2. The number of rotatable bonds is 4. The predicted molar refractivity (Wildman–Crippen MR) is 75.2 cm³/mol. The van der Waals surface area contributed by atoms with Gasteiger partial charge in [0.25, 0.3) is 5.91 Å². The van der Waals surface area contributed by atoms with E-state index in [4.69, 9.17) is 4.42 Å². The van der Waals surface area contributed by atoms with E-state index in [1.165, 1.54) is 18.9 Å². The molecular weight excluding hydrogens is 334 g/mol. The second kappa shape index (κ2) is 6.47. The predicted octanol–water partition coefficient (Wildman–Crippen LogP) is 2.16. The summed E-state index contributed by atoms with van der Waals surface area (Å²) < 4.78 is 10.4. The van der Waals surface area contributed by atoms with E-state index in [1.54, 1.807) is 17.0 Å². The minimum absolute atomic E-state index is 0.105. The number of likely N-dealkylation sites (tertiary alicyclic amines) is 1. The van der Waals surface area contributed by atoms with Gasteiger partial charge in [-0.25, -0.2) is 0 Å². The van der Waals surface area contributed by atoms with Crippen molar-refractivity contribution in [1.82, 2.24) is 4.90 Å². The minimum atomic E-state index is -0.232. The maximum absolute atomic E-state index is 12.1. The summed E-state index contributed by atoms with van der Waals surface area (Å²) in [6.07, 6.45) is 0.884. The molecular formula is C12H14BrNO4S. The highest BCUT2D eigenvalue weighted by molar-refractivity contribution is 9.10. The zero-order chi connectivity index (χ0) is 13.8. The number of halogens is 1. The number of furan rings is 1. The van der Waals surface area contributed by atoms with Crippen LogP contribution in [0.25, 0.3) is 0 Å². The van der Waals surface area contributed by atoms with Crippen molar-refractivity contribution in [2.75, 3.05) is 26.0 Å². The second-order valence-corrected chi connectivity index (χ2v) is 6.22. The van der Waals surface area contributed by atoms with Gasteiger partial charge in [-0.3, -0.25) is 9.59 Å². The van der Waals surface area contributed by atoms with Crippen LogP contribution < -0.4 is 0 Å². The van der Waals surface area contributed by atoms with Crippen molar-refractivity contribution in [1.29, 1.82) is 0 Å². The molecule has 1 aliphatic rings. The fourth-order valence-electron chi connectivity index (χ4n) is 1.88. The third-order valence-electron chi connectivity index (χ3n) is 2.88. The quantitative estimate of drug-likeness (QED) is 0.781. The number of methoxy groups -OCH3 is 1. The summed E-state index contributed by atoms with van der Waals surface area (Å²) in [5, 5.41) is 0.279. The number of esters is 1. The van der Waals surface area contributed by atoms with Gasteiger partial charge in [-0.2, -0.15) is 0 Å². The number of hydrogen-bond acceptors (Lipinski definition) is 5. The first-order chi connectivity index (χ1) is 9.10. The Morgan fingerprint density at radius 2 is 2.37 bits per heavy atom. The van der Waals surface area contributed by atoms with E-state index in [1.807, 2.05) is 0 Å². The van der Waals surface area contributed by atoms with Gasteiger partial charge >= 0.3 is 5.97 Å². The molecule has 0 saturated carbocycles. The van der Waals surface area contributed by atoms with Gasteiger partial charge in [0.05, 0.1) is 12.9 Å². The maximum atomic E-state index is 12.1. The van der Waals surface area contributed by atoms with E-state index in [0.717, 1.165) is 6.42 Å². The molecule has 1 amide bonds. The lowest BCUT2D eigenvalue weighted by atomic mass is 10.4. The Bertz CT molecular complexity index is 476. The largest absolute Gasteiger partial charge is 0.468 e. The van der Waals surface area contributed by atoms with Crippen molar-refractivity contribution in [3.05, 3.63) is 22.6 Å². The van der Waals surface area contributed by atoms with Crippen molar-refractivity contribution in [3.63, 3.8) is 0 Å². The van der Waals surface area contributed by atoms with Gasteiger partial charge in [-0.05, 0) is 34.5 Å². The molecule has 19 heavy (non-hydrogen) atoms. The van der Waals surface area contributed by atoms with Crippen LogP contribution in [0.2, 0.25) is 0 Å². The minimum Gasteiger partial charge on any atom is -0.468 e. The molecule has 1 fully saturated rings. The Kier molecular flexibility index (Phi) is 4.93. The number of amides is 1. The molecule has 1 atom stereocenters. The number of thioether (sulfide) groups is 1. The molecule has 0 bridgehead atoms. The number of nitrogens with zero attached hydrogens (tertiary/aromatic N) is 1. The standard InChI is InChI=1S/C12H14BrNO4S/c1-17-11(15)7-19-8-4-5-14(6-8)12(16)9-2-3-10(13)18-9/h2-3,8H,4-7H2,1H3/t8-/m0/s1. The SMILES string of the molecule is COC(=O)CS[C@H]1CCN(C(=O)c2ccc(Br)o2)C1. The fourth-order valence-corrected chi connectivity index (χ4v) is 3.23. The Balaban J connectivity index is 1.84. The number of carbonyl (C=O) groups excluding carboxylic acids is 2. The van der Waals surface area contributed by atoms with Crippen LogP contribution in [0.1, 0.15) is 17.0 Å². The first-order valence-electron chi connectivity index (χ1n) is 5.83. The summed E-state index contributed by atoms with van der Waals surface area (Å²) in [6, 6.07) is 3.36. The highest BCUT2D eigenvalue weighted by Gasteiger charge is 2.29. The van der Waals surface area contributed by atoms with Crippen molar-refractivity contribution < 1.29 is 18.7 Å². The molecule has 2 rings (SSSR count). The zero-order valence-electron chi connectivity index (χ0n) is 10.4. The van der Waals surface area contributed by atoms with Crippen molar-refractivity contribution in [2.24, 2.45) is 0 Å². The average Bonchev–Trinajstić information content (AvgIpc) is 3.04. The highest BCUT2D eigenvalue weighted by Crippen LogP contribution is 2.25. The summed E-state index contributed by atoms with van der Waals surface area (Å²) in [4.78, 5) is 24.9. The first-order valence-corrected chi connectivity index (χ1v) is 7.67. The van der Waals surface area contributed by atoms with Gasteiger partial charge in [0, 0.05) is 18.3 Å². The van der Waals surface area contributed by atoms with Crippen molar-refractivity contribution in [2.45, 2.75) is 11.7 Å². The molecule has 1 saturated heterocycles. The van der Waals surface area contributed by atoms with Gasteiger partial charge < -0.3 is 14.1 Å².